The van der Waals surface area contributed by atoms with Gasteiger partial charge in [0.2, 0.25) is 0 Å². The summed E-state index contributed by atoms with van der Waals surface area (Å²) in [6.07, 6.45) is 0.689. The van der Waals surface area contributed by atoms with Gasteiger partial charge in [-0.15, -0.1) is 0 Å². The van der Waals surface area contributed by atoms with Gasteiger partial charge >= 0.3 is 0 Å². The van der Waals surface area contributed by atoms with Crippen LogP contribution < -0.4 is 14.2 Å². The normalized spacial score (nSPS) is 19.8. The number of rotatable bonds is 7. The van der Waals surface area contributed by atoms with Crippen LogP contribution in [0.15, 0.2) is 66.2 Å². The summed E-state index contributed by atoms with van der Waals surface area (Å²) < 4.78 is 30.4. The van der Waals surface area contributed by atoms with E-state index in [0.29, 0.717) is 41.2 Å². The van der Waals surface area contributed by atoms with Gasteiger partial charge in [0.1, 0.15) is 23.4 Å². The third-order valence-electron chi connectivity index (χ3n) is 6.78. The van der Waals surface area contributed by atoms with Gasteiger partial charge in [0.15, 0.2) is 11.5 Å². The molecule has 0 aliphatic carbocycles. The molecule has 3 aromatic carbocycles. The Morgan fingerprint density at radius 3 is 2.55 bits per heavy atom. The molecule has 8 heteroatoms. The maximum absolute atomic E-state index is 13.5. The average molecular weight is 518 g/mol. The summed E-state index contributed by atoms with van der Waals surface area (Å²) in [7, 11) is 1.52. The van der Waals surface area contributed by atoms with Crippen LogP contribution in [0, 0.1) is 5.82 Å². The molecule has 5 rings (SSSR count). The van der Waals surface area contributed by atoms with Gasteiger partial charge in [-0.2, -0.15) is 0 Å². The minimum Gasteiger partial charge on any atom is -0.507 e. The number of ketones is 1. The molecule has 3 aromatic rings. The van der Waals surface area contributed by atoms with Crippen LogP contribution in [0.2, 0.25) is 0 Å². The van der Waals surface area contributed by atoms with Gasteiger partial charge < -0.3 is 24.2 Å². The summed E-state index contributed by atoms with van der Waals surface area (Å²) in [4.78, 5) is 28.2. The first-order valence-electron chi connectivity index (χ1n) is 12.4. The van der Waals surface area contributed by atoms with Crippen molar-refractivity contribution in [2.24, 2.45) is 0 Å². The van der Waals surface area contributed by atoms with E-state index in [1.165, 1.54) is 24.1 Å². The number of methoxy groups -OCH3 is 1. The molecule has 38 heavy (non-hydrogen) atoms. The second kappa shape index (κ2) is 10.2. The maximum atomic E-state index is 13.5. The van der Waals surface area contributed by atoms with Crippen LogP contribution in [0.4, 0.5) is 4.39 Å². The van der Waals surface area contributed by atoms with E-state index in [1.807, 2.05) is 13.8 Å². The molecule has 0 spiro atoms. The number of carbonyl (C=O) groups excluding carboxylic acids is 2. The van der Waals surface area contributed by atoms with Crippen molar-refractivity contribution in [3.63, 3.8) is 0 Å². The molecule has 1 saturated heterocycles. The van der Waals surface area contributed by atoms with Crippen molar-refractivity contribution in [2.75, 3.05) is 13.7 Å². The van der Waals surface area contributed by atoms with Crippen molar-refractivity contribution >= 4 is 17.4 Å². The van der Waals surface area contributed by atoms with Crippen LogP contribution in [0.3, 0.4) is 0 Å². The third-order valence-corrected chi connectivity index (χ3v) is 6.78. The molecule has 7 nitrogen and oxygen atoms in total. The lowest BCUT2D eigenvalue weighted by Crippen LogP contribution is -2.29. The fourth-order valence-corrected chi connectivity index (χ4v) is 5.03. The number of aliphatic hydroxyl groups is 1. The second-order valence-electron chi connectivity index (χ2n) is 9.35. The number of likely N-dealkylation sites (tertiary alicyclic amines) is 1. The first kappa shape index (κ1) is 25.3. The first-order chi connectivity index (χ1) is 18.3. The highest BCUT2D eigenvalue weighted by Gasteiger charge is 2.46. The Bertz CT molecular complexity index is 1430. The molecule has 0 aromatic heterocycles. The largest absolute Gasteiger partial charge is 0.507 e. The lowest BCUT2D eigenvalue weighted by molar-refractivity contribution is -0.140. The van der Waals surface area contributed by atoms with E-state index in [2.05, 4.69) is 0 Å². The van der Waals surface area contributed by atoms with E-state index in [-0.39, 0.29) is 24.0 Å². The van der Waals surface area contributed by atoms with Crippen LogP contribution in [0.1, 0.15) is 42.1 Å². The predicted octanol–water partition coefficient (Wildman–Crippen LogP) is 5.18. The maximum Gasteiger partial charge on any atom is 0.295 e. The number of hydrogen-bond donors (Lipinski definition) is 1. The molecule has 2 aliphatic rings. The molecule has 2 atom stereocenters. The number of nitrogens with zero attached hydrogens (tertiary/aromatic N) is 1. The van der Waals surface area contributed by atoms with Gasteiger partial charge in [-0.3, -0.25) is 9.59 Å². The zero-order valence-electron chi connectivity index (χ0n) is 21.4. The molecular weight excluding hydrogens is 489 g/mol. The molecule has 2 heterocycles. The summed E-state index contributed by atoms with van der Waals surface area (Å²) in [6.45, 7) is 4.22. The van der Waals surface area contributed by atoms with Gasteiger partial charge in [-0.25, -0.2) is 4.39 Å². The lowest BCUT2D eigenvalue weighted by atomic mass is 9.94. The SMILES string of the molecule is CCOc1cc(C2/C(=C(\O)c3ccc4c(c3)CC(C)O4)C(=O)C(=O)N2Cc2ccc(F)cc2)ccc1OC. The Balaban J connectivity index is 1.65. The summed E-state index contributed by atoms with van der Waals surface area (Å²) in [5.74, 6) is -0.549. The van der Waals surface area contributed by atoms with Gasteiger partial charge in [0.05, 0.1) is 25.3 Å². The molecule has 1 N–H and O–H groups in total. The van der Waals surface area contributed by atoms with Gasteiger partial charge in [-0.05, 0) is 73.0 Å². The highest BCUT2D eigenvalue weighted by Crippen LogP contribution is 2.43. The molecule has 196 valence electrons. The average Bonchev–Trinajstić information content (AvgIpc) is 3.40. The van der Waals surface area contributed by atoms with E-state index >= 15 is 0 Å². The summed E-state index contributed by atoms with van der Waals surface area (Å²) >= 11 is 0. The summed E-state index contributed by atoms with van der Waals surface area (Å²) in [5.41, 5.74) is 2.51. The van der Waals surface area contributed by atoms with Crippen molar-refractivity contribution in [3.8, 4) is 17.2 Å². The number of fused-ring (bicyclic) bond motifs is 1. The van der Waals surface area contributed by atoms with E-state index in [4.69, 9.17) is 14.2 Å². The number of carbonyl (C=O) groups is 2. The predicted molar refractivity (Wildman–Crippen MR) is 139 cm³/mol. The Labute approximate surface area is 220 Å². The Morgan fingerprint density at radius 1 is 1.08 bits per heavy atom. The molecule has 1 amide bonds. The number of aliphatic hydroxyl groups excluding tert-OH is 1. The van der Waals surface area contributed by atoms with Crippen molar-refractivity contribution in [2.45, 2.75) is 39.0 Å². The number of benzene rings is 3. The van der Waals surface area contributed by atoms with E-state index < -0.39 is 23.5 Å². The van der Waals surface area contributed by atoms with E-state index in [9.17, 15) is 19.1 Å². The minimum absolute atomic E-state index is 0.0139. The molecule has 2 aliphatic heterocycles. The molecule has 1 fully saturated rings. The quantitative estimate of drug-likeness (QED) is 0.264. The molecular formula is C30H28FNO6. The van der Waals surface area contributed by atoms with Gasteiger partial charge in [0.25, 0.3) is 11.7 Å². The van der Waals surface area contributed by atoms with Crippen molar-refractivity contribution in [3.05, 3.63) is 94.3 Å². The Morgan fingerprint density at radius 2 is 1.84 bits per heavy atom. The smallest absolute Gasteiger partial charge is 0.295 e. The van der Waals surface area contributed by atoms with Crippen LogP contribution >= 0.6 is 0 Å². The van der Waals surface area contributed by atoms with E-state index in [1.54, 1.807) is 48.5 Å². The van der Waals surface area contributed by atoms with Crippen LogP contribution in [-0.4, -0.2) is 41.5 Å². The second-order valence-corrected chi connectivity index (χ2v) is 9.35. The zero-order chi connectivity index (χ0) is 27.0. The standard InChI is InChI=1S/C30H28FNO6/c1-4-37-25-15-19(7-12-24(25)36-3)27-26(28(33)20-8-11-23-21(14-20)13-17(2)38-23)29(34)30(35)32(27)16-18-5-9-22(31)10-6-18/h5-12,14-15,17,27,33H,4,13,16H2,1-3H3/b28-26+. The van der Waals surface area contributed by atoms with E-state index in [0.717, 1.165) is 11.3 Å². The van der Waals surface area contributed by atoms with Crippen LogP contribution in [0.25, 0.3) is 5.76 Å². The lowest BCUT2D eigenvalue weighted by Gasteiger charge is -2.26. The fraction of sp³-hybridized carbons (Fsp3) is 0.267. The number of ether oxygens (including phenoxy) is 3. The monoisotopic (exact) mass is 517 g/mol. The summed E-state index contributed by atoms with van der Waals surface area (Å²) in [5, 5.41) is 11.5. The highest BCUT2D eigenvalue weighted by atomic mass is 19.1. The van der Waals surface area contributed by atoms with Crippen molar-refractivity contribution in [1.29, 1.82) is 0 Å². The van der Waals surface area contributed by atoms with Crippen LogP contribution in [0.5, 0.6) is 17.2 Å². The highest BCUT2D eigenvalue weighted by molar-refractivity contribution is 6.46. The number of Topliss-reactive ketones (excluding diaryl/α,β-unsaturated/α-hetero) is 1. The Kier molecular flexibility index (Phi) is 6.80. The number of halogens is 1. The van der Waals surface area contributed by atoms with Crippen molar-refractivity contribution in [1.82, 2.24) is 4.90 Å². The molecule has 0 saturated carbocycles. The number of hydrogen-bond acceptors (Lipinski definition) is 6. The van der Waals surface area contributed by atoms with Gasteiger partial charge in [0, 0.05) is 18.5 Å². The molecule has 0 bridgehead atoms. The summed E-state index contributed by atoms with van der Waals surface area (Å²) in [6, 6.07) is 15.2. The third kappa shape index (κ3) is 4.58. The van der Waals surface area contributed by atoms with Crippen molar-refractivity contribution < 1.29 is 33.3 Å². The Hall–Kier alpha value is -4.33. The topological polar surface area (TPSA) is 85.3 Å². The number of amides is 1. The first-order valence-corrected chi connectivity index (χ1v) is 12.4. The molecule has 0 radical (unpaired) electrons. The molecule has 2 unspecified atom stereocenters. The fourth-order valence-electron chi connectivity index (χ4n) is 5.03. The van der Waals surface area contributed by atoms with Crippen LogP contribution in [-0.2, 0) is 22.6 Å². The zero-order valence-corrected chi connectivity index (χ0v) is 21.4. The van der Waals surface area contributed by atoms with Gasteiger partial charge in [-0.1, -0.05) is 18.2 Å². The minimum atomic E-state index is -0.909.